The van der Waals surface area contributed by atoms with E-state index >= 15 is 0 Å². The lowest BCUT2D eigenvalue weighted by atomic mass is 9.78. The first-order valence-corrected chi connectivity index (χ1v) is 3.96. The highest BCUT2D eigenvalue weighted by Gasteiger charge is 2.30. The van der Waals surface area contributed by atoms with Gasteiger partial charge in [0, 0.05) is 17.6 Å². The monoisotopic (exact) mass is 164 g/mol. The molecule has 0 aliphatic heterocycles. The van der Waals surface area contributed by atoms with E-state index in [1.165, 1.54) is 6.20 Å². The van der Waals surface area contributed by atoms with Gasteiger partial charge >= 0.3 is 7.12 Å². The summed E-state index contributed by atoms with van der Waals surface area (Å²) in [6.07, 6.45) is 3.64. The predicted molar refractivity (Wildman–Crippen MR) is 43.8 cm³/mol. The van der Waals surface area contributed by atoms with E-state index in [1.54, 1.807) is 6.07 Å². The summed E-state index contributed by atoms with van der Waals surface area (Å²) in [5.74, 6) is 0.399. The van der Waals surface area contributed by atoms with Crippen molar-refractivity contribution in [2.75, 3.05) is 0 Å². The highest BCUT2D eigenvalue weighted by atomic mass is 16.4. The standard InChI is InChI=1S/C7H9BN2O2/c11-8(12)6-3-4-9-10-7(6)5-1-2-5/h3-5,11-12H,1-2H2. The van der Waals surface area contributed by atoms with E-state index in [1.807, 2.05) is 0 Å². The second kappa shape index (κ2) is 2.84. The molecule has 1 aliphatic rings. The van der Waals surface area contributed by atoms with E-state index in [4.69, 9.17) is 10.0 Å². The van der Waals surface area contributed by atoms with Crippen molar-refractivity contribution >= 4 is 12.6 Å². The molecule has 1 aliphatic carbocycles. The SMILES string of the molecule is OB(O)c1ccnnc1C1CC1. The van der Waals surface area contributed by atoms with Crippen LogP contribution in [0.2, 0.25) is 0 Å². The molecule has 1 heterocycles. The Kier molecular flexibility index (Phi) is 1.82. The molecule has 1 fully saturated rings. The summed E-state index contributed by atoms with van der Waals surface area (Å²) < 4.78 is 0. The number of rotatable bonds is 2. The highest BCUT2D eigenvalue weighted by molar-refractivity contribution is 6.59. The molecule has 0 radical (unpaired) electrons. The molecule has 0 spiro atoms. The third kappa shape index (κ3) is 1.33. The topological polar surface area (TPSA) is 66.2 Å². The minimum atomic E-state index is -1.42. The van der Waals surface area contributed by atoms with Gasteiger partial charge in [0.1, 0.15) is 0 Å². The van der Waals surface area contributed by atoms with Crippen molar-refractivity contribution in [2.24, 2.45) is 0 Å². The van der Waals surface area contributed by atoms with E-state index in [2.05, 4.69) is 10.2 Å². The van der Waals surface area contributed by atoms with Gasteiger partial charge in [0.25, 0.3) is 0 Å². The van der Waals surface area contributed by atoms with Gasteiger partial charge in [-0.1, -0.05) is 0 Å². The first-order valence-electron chi connectivity index (χ1n) is 3.96. The smallest absolute Gasteiger partial charge is 0.423 e. The Bertz CT molecular complexity index is 267. The lowest BCUT2D eigenvalue weighted by Crippen LogP contribution is -2.33. The molecule has 12 heavy (non-hydrogen) atoms. The fourth-order valence-corrected chi connectivity index (χ4v) is 1.24. The molecular weight excluding hydrogens is 155 g/mol. The van der Waals surface area contributed by atoms with Gasteiger partial charge in [-0.15, -0.1) is 0 Å². The minimum absolute atomic E-state index is 0.399. The average Bonchev–Trinajstić information content (AvgIpc) is 2.87. The van der Waals surface area contributed by atoms with Crippen molar-refractivity contribution in [2.45, 2.75) is 18.8 Å². The molecule has 0 saturated heterocycles. The molecule has 0 unspecified atom stereocenters. The third-order valence-electron chi connectivity index (χ3n) is 2.02. The minimum Gasteiger partial charge on any atom is -0.423 e. The van der Waals surface area contributed by atoms with Crippen molar-refractivity contribution in [3.63, 3.8) is 0 Å². The van der Waals surface area contributed by atoms with Crippen LogP contribution in [0.15, 0.2) is 12.3 Å². The van der Waals surface area contributed by atoms with Gasteiger partial charge in [0.2, 0.25) is 0 Å². The van der Waals surface area contributed by atoms with Crippen molar-refractivity contribution in [1.29, 1.82) is 0 Å². The fourth-order valence-electron chi connectivity index (χ4n) is 1.24. The maximum Gasteiger partial charge on any atom is 0.490 e. The normalized spacial score (nSPS) is 16.2. The van der Waals surface area contributed by atoms with E-state index < -0.39 is 7.12 Å². The van der Waals surface area contributed by atoms with Crippen LogP contribution in [0.1, 0.15) is 24.5 Å². The maximum atomic E-state index is 8.97. The van der Waals surface area contributed by atoms with Gasteiger partial charge in [-0.25, -0.2) is 0 Å². The van der Waals surface area contributed by atoms with Gasteiger partial charge < -0.3 is 10.0 Å². The zero-order valence-corrected chi connectivity index (χ0v) is 6.51. The van der Waals surface area contributed by atoms with Crippen LogP contribution in [0.4, 0.5) is 0 Å². The van der Waals surface area contributed by atoms with Crippen LogP contribution in [-0.2, 0) is 0 Å². The lowest BCUT2D eigenvalue weighted by Gasteiger charge is -2.03. The molecule has 4 nitrogen and oxygen atoms in total. The molecule has 0 aromatic carbocycles. The first-order chi connectivity index (χ1) is 5.79. The van der Waals surface area contributed by atoms with Crippen LogP contribution in [0, 0.1) is 0 Å². The molecule has 2 rings (SSSR count). The Labute approximate surface area is 70.4 Å². The maximum absolute atomic E-state index is 8.97. The summed E-state index contributed by atoms with van der Waals surface area (Å²) >= 11 is 0. The molecule has 2 N–H and O–H groups in total. The summed E-state index contributed by atoms with van der Waals surface area (Å²) in [6.45, 7) is 0. The zero-order chi connectivity index (χ0) is 8.55. The second-order valence-electron chi connectivity index (χ2n) is 3.02. The molecule has 62 valence electrons. The average molecular weight is 164 g/mol. The molecular formula is C7H9BN2O2. The number of hydrogen-bond acceptors (Lipinski definition) is 4. The summed E-state index contributed by atoms with van der Waals surface area (Å²) in [6, 6.07) is 1.60. The molecule has 0 atom stereocenters. The molecule has 0 amide bonds. The predicted octanol–water partition coefficient (Wildman–Crippen LogP) is -0.966. The van der Waals surface area contributed by atoms with Crippen molar-refractivity contribution in [3.05, 3.63) is 18.0 Å². The van der Waals surface area contributed by atoms with Gasteiger partial charge in [-0.2, -0.15) is 10.2 Å². The Hall–Kier alpha value is -0.935. The highest BCUT2D eigenvalue weighted by Crippen LogP contribution is 2.37. The summed E-state index contributed by atoms with van der Waals surface area (Å²) in [7, 11) is -1.42. The van der Waals surface area contributed by atoms with Crippen LogP contribution in [0.25, 0.3) is 0 Å². The van der Waals surface area contributed by atoms with Crippen LogP contribution >= 0.6 is 0 Å². The molecule has 1 aromatic heterocycles. The Balaban J connectivity index is 2.36. The molecule has 1 aromatic rings. The molecule has 1 saturated carbocycles. The summed E-state index contributed by atoms with van der Waals surface area (Å²) in [5.41, 5.74) is 1.24. The van der Waals surface area contributed by atoms with Crippen molar-refractivity contribution in [3.8, 4) is 0 Å². The molecule has 5 heteroatoms. The zero-order valence-electron chi connectivity index (χ0n) is 6.51. The summed E-state index contributed by atoms with van der Waals surface area (Å²) in [5, 5.41) is 25.5. The summed E-state index contributed by atoms with van der Waals surface area (Å²) in [4.78, 5) is 0. The van der Waals surface area contributed by atoms with Gasteiger partial charge in [0.15, 0.2) is 0 Å². The largest absolute Gasteiger partial charge is 0.490 e. The van der Waals surface area contributed by atoms with Gasteiger partial charge in [0.05, 0.1) is 5.69 Å². The van der Waals surface area contributed by atoms with Gasteiger partial charge in [-0.05, 0) is 18.9 Å². The first kappa shape index (κ1) is 7.70. The van der Waals surface area contributed by atoms with E-state index in [-0.39, 0.29) is 0 Å². The second-order valence-corrected chi connectivity index (χ2v) is 3.02. The van der Waals surface area contributed by atoms with Crippen molar-refractivity contribution in [1.82, 2.24) is 10.2 Å². The Morgan fingerprint density at radius 1 is 1.42 bits per heavy atom. The van der Waals surface area contributed by atoms with E-state index in [0.29, 0.717) is 11.4 Å². The van der Waals surface area contributed by atoms with E-state index in [9.17, 15) is 0 Å². The van der Waals surface area contributed by atoms with Crippen LogP contribution in [0.3, 0.4) is 0 Å². The number of nitrogens with zero attached hydrogens (tertiary/aromatic N) is 2. The van der Waals surface area contributed by atoms with Crippen molar-refractivity contribution < 1.29 is 10.0 Å². The van der Waals surface area contributed by atoms with E-state index in [0.717, 1.165) is 18.5 Å². The lowest BCUT2D eigenvalue weighted by molar-refractivity contribution is 0.425. The molecule has 0 bridgehead atoms. The fraction of sp³-hybridized carbons (Fsp3) is 0.429. The number of aromatic nitrogens is 2. The van der Waals surface area contributed by atoms with Crippen LogP contribution < -0.4 is 5.46 Å². The quantitative estimate of drug-likeness (QED) is 0.552. The van der Waals surface area contributed by atoms with Gasteiger partial charge in [-0.3, -0.25) is 0 Å². The third-order valence-corrected chi connectivity index (χ3v) is 2.02. The Morgan fingerprint density at radius 3 is 2.75 bits per heavy atom. The Morgan fingerprint density at radius 2 is 2.17 bits per heavy atom. The van der Waals surface area contributed by atoms with Crippen LogP contribution in [0.5, 0.6) is 0 Å². The number of hydrogen-bond donors (Lipinski definition) is 2. The van der Waals surface area contributed by atoms with Crippen LogP contribution in [-0.4, -0.2) is 27.4 Å².